The van der Waals surface area contributed by atoms with Gasteiger partial charge in [-0.25, -0.2) is 9.82 Å². The molecule has 3 aromatic carbocycles. The van der Waals surface area contributed by atoms with Gasteiger partial charge in [0.05, 0.1) is 27.5 Å². The summed E-state index contributed by atoms with van der Waals surface area (Å²) in [7, 11) is 0. The Morgan fingerprint density at radius 3 is 2.31 bits per heavy atom. The number of para-hydroxylation sites is 1. The maximum atomic E-state index is 14.5. The van der Waals surface area contributed by atoms with Crippen molar-refractivity contribution in [1.29, 1.82) is 0 Å². The quantitative estimate of drug-likeness (QED) is 0.251. The number of hydrazone groups is 1. The lowest BCUT2D eigenvalue weighted by atomic mass is 10.2. The maximum absolute atomic E-state index is 14.5. The molecule has 0 unspecified atom stereocenters. The molecule has 9 heteroatoms. The van der Waals surface area contributed by atoms with E-state index < -0.39 is 5.82 Å². The summed E-state index contributed by atoms with van der Waals surface area (Å²) in [4.78, 5) is 12.9. The van der Waals surface area contributed by atoms with Crippen LogP contribution in [0.4, 0.5) is 22.0 Å². The fourth-order valence-corrected chi connectivity index (χ4v) is 3.24. The van der Waals surface area contributed by atoms with Gasteiger partial charge in [-0.2, -0.15) is 20.1 Å². The van der Waals surface area contributed by atoms with E-state index in [9.17, 15) is 4.39 Å². The van der Waals surface area contributed by atoms with Gasteiger partial charge in [0.25, 0.3) is 0 Å². The average Bonchev–Trinajstić information content (AvgIpc) is 2.77. The molecule has 0 aliphatic carbocycles. The Balaban J connectivity index is 1.70. The first-order chi connectivity index (χ1) is 15.5. The number of aromatic nitrogens is 3. The van der Waals surface area contributed by atoms with Crippen LogP contribution < -0.4 is 10.7 Å². The molecule has 0 saturated carbocycles. The highest BCUT2D eigenvalue weighted by atomic mass is 35.5. The van der Waals surface area contributed by atoms with Crippen LogP contribution in [0.25, 0.3) is 11.4 Å². The average molecular weight is 467 g/mol. The van der Waals surface area contributed by atoms with Crippen LogP contribution in [0.2, 0.25) is 10.0 Å². The first-order valence-electron chi connectivity index (χ1n) is 9.57. The second-order valence-electron chi connectivity index (χ2n) is 6.79. The number of anilines is 3. The lowest BCUT2D eigenvalue weighted by Crippen LogP contribution is -2.06. The molecule has 0 bridgehead atoms. The van der Waals surface area contributed by atoms with Crippen LogP contribution in [-0.4, -0.2) is 21.2 Å². The molecule has 4 aromatic rings. The second kappa shape index (κ2) is 9.72. The summed E-state index contributed by atoms with van der Waals surface area (Å²) in [5.74, 6) is -0.255. The summed E-state index contributed by atoms with van der Waals surface area (Å²) in [5, 5.41) is 7.86. The predicted molar refractivity (Wildman–Crippen MR) is 127 cm³/mol. The second-order valence-corrected chi connectivity index (χ2v) is 7.60. The van der Waals surface area contributed by atoms with E-state index in [4.69, 9.17) is 23.2 Å². The largest absolute Gasteiger partial charge is 0.323 e. The summed E-state index contributed by atoms with van der Waals surface area (Å²) >= 11 is 12.4. The van der Waals surface area contributed by atoms with E-state index in [0.717, 1.165) is 11.1 Å². The van der Waals surface area contributed by atoms with Gasteiger partial charge < -0.3 is 5.32 Å². The van der Waals surface area contributed by atoms with Crippen molar-refractivity contribution in [3.05, 3.63) is 93.7 Å². The number of hydrogen-bond acceptors (Lipinski definition) is 6. The summed E-state index contributed by atoms with van der Waals surface area (Å²) in [6.07, 6.45) is 1.63. The van der Waals surface area contributed by atoms with Gasteiger partial charge in [-0.3, -0.25) is 0 Å². The van der Waals surface area contributed by atoms with Crippen molar-refractivity contribution in [2.24, 2.45) is 5.10 Å². The van der Waals surface area contributed by atoms with E-state index in [1.54, 1.807) is 30.5 Å². The standard InChI is InChI=1S/C23H17Cl2FN6/c1-14-9-11-15(12-10-14)13-27-32-23-30-21(20-17(25)6-4-7-18(20)26)29-22(31-23)28-19-8-3-2-5-16(19)24/h2-13H,1H3,(H2,28,29,30,31,32). The van der Waals surface area contributed by atoms with Crippen LogP contribution in [0, 0.1) is 12.7 Å². The Labute approximate surface area is 194 Å². The van der Waals surface area contributed by atoms with Gasteiger partial charge in [-0.05, 0) is 36.8 Å². The van der Waals surface area contributed by atoms with Gasteiger partial charge in [0.1, 0.15) is 5.82 Å². The van der Waals surface area contributed by atoms with E-state index in [-0.39, 0.29) is 28.3 Å². The number of nitrogens with one attached hydrogen (secondary N) is 2. The van der Waals surface area contributed by atoms with Gasteiger partial charge in [-0.15, -0.1) is 0 Å². The molecule has 32 heavy (non-hydrogen) atoms. The minimum absolute atomic E-state index is 0.0469. The Bertz CT molecular complexity index is 1260. The van der Waals surface area contributed by atoms with Gasteiger partial charge in [0.2, 0.25) is 11.9 Å². The molecule has 0 saturated heterocycles. The molecule has 2 N–H and O–H groups in total. The smallest absolute Gasteiger partial charge is 0.248 e. The van der Waals surface area contributed by atoms with Crippen molar-refractivity contribution in [3.8, 4) is 11.4 Å². The number of halogens is 3. The topological polar surface area (TPSA) is 75.1 Å². The molecule has 1 heterocycles. The third-order valence-electron chi connectivity index (χ3n) is 4.40. The molecule has 6 nitrogen and oxygen atoms in total. The molecular weight excluding hydrogens is 450 g/mol. The molecule has 0 atom stereocenters. The zero-order valence-corrected chi connectivity index (χ0v) is 18.4. The Morgan fingerprint density at radius 2 is 1.56 bits per heavy atom. The molecule has 1 aromatic heterocycles. The van der Waals surface area contributed by atoms with Crippen molar-refractivity contribution in [2.45, 2.75) is 6.92 Å². The first kappa shape index (κ1) is 21.7. The zero-order valence-electron chi connectivity index (χ0n) is 16.9. The highest BCUT2D eigenvalue weighted by Crippen LogP contribution is 2.30. The predicted octanol–water partition coefficient (Wildman–Crippen LogP) is 6.48. The normalized spacial score (nSPS) is 11.0. The van der Waals surface area contributed by atoms with Gasteiger partial charge in [-0.1, -0.05) is 71.2 Å². The monoisotopic (exact) mass is 466 g/mol. The van der Waals surface area contributed by atoms with Crippen LogP contribution in [0.1, 0.15) is 11.1 Å². The SMILES string of the molecule is Cc1ccc(C=NNc2nc(Nc3ccccc3Cl)nc(-c3c(F)cccc3Cl)n2)cc1. The van der Waals surface area contributed by atoms with Crippen molar-refractivity contribution in [1.82, 2.24) is 15.0 Å². The lowest BCUT2D eigenvalue weighted by molar-refractivity contribution is 0.630. The van der Waals surface area contributed by atoms with Crippen LogP contribution >= 0.6 is 23.2 Å². The number of hydrogen-bond donors (Lipinski definition) is 2. The fraction of sp³-hybridized carbons (Fsp3) is 0.0435. The molecular formula is C23H17Cl2FN6. The van der Waals surface area contributed by atoms with Gasteiger partial charge >= 0.3 is 0 Å². The molecule has 0 spiro atoms. The van der Waals surface area contributed by atoms with Crippen molar-refractivity contribution < 1.29 is 4.39 Å². The van der Waals surface area contributed by atoms with Crippen molar-refractivity contribution in [3.63, 3.8) is 0 Å². The molecule has 0 aliphatic heterocycles. The number of benzene rings is 3. The van der Waals surface area contributed by atoms with E-state index in [0.29, 0.717) is 10.7 Å². The van der Waals surface area contributed by atoms with Crippen molar-refractivity contribution in [2.75, 3.05) is 10.7 Å². The van der Waals surface area contributed by atoms with Crippen LogP contribution in [0.5, 0.6) is 0 Å². The fourth-order valence-electron chi connectivity index (χ4n) is 2.81. The third-order valence-corrected chi connectivity index (χ3v) is 5.04. The number of aryl methyl sites for hydroxylation is 1. The van der Waals surface area contributed by atoms with Crippen LogP contribution in [-0.2, 0) is 0 Å². The highest BCUT2D eigenvalue weighted by Gasteiger charge is 2.16. The first-order valence-corrected chi connectivity index (χ1v) is 10.3. The van der Waals surface area contributed by atoms with Crippen LogP contribution in [0.15, 0.2) is 71.8 Å². The van der Waals surface area contributed by atoms with Gasteiger partial charge in [0, 0.05) is 0 Å². The Morgan fingerprint density at radius 1 is 0.844 bits per heavy atom. The molecule has 0 aliphatic rings. The molecule has 160 valence electrons. The molecule has 4 rings (SSSR count). The molecule has 0 radical (unpaired) electrons. The van der Waals surface area contributed by atoms with Crippen molar-refractivity contribution >= 4 is 47.0 Å². The van der Waals surface area contributed by atoms with Gasteiger partial charge in [0.15, 0.2) is 5.82 Å². The summed E-state index contributed by atoms with van der Waals surface area (Å²) in [6, 6.07) is 19.3. The highest BCUT2D eigenvalue weighted by molar-refractivity contribution is 6.33. The molecule has 0 fully saturated rings. The number of nitrogens with zero attached hydrogens (tertiary/aromatic N) is 4. The Kier molecular flexibility index (Phi) is 6.58. The maximum Gasteiger partial charge on any atom is 0.248 e. The lowest BCUT2D eigenvalue weighted by Gasteiger charge is -2.11. The van der Waals surface area contributed by atoms with E-state index in [2.05, 4.69) is 30.8 Å². The minimum Gasteiger partial charge on any atom is -0.323 e. The third kappa shape index (κ3) is 5.19. The zero-order chi connectivity index (χ0) is 22.5. The van der Waals surface area contributed by atoms with Crippen LogP contribution in [0.3, 0.4) is 0 Å². The van der Waals surface area contributed by atoms with E-state index >= 15 is 0 Å². The van der Waals surface area contributed by atoms with E-state index in [1.165, 1.54) is 12.1 Å². The van der Waals surface area contributed by atoms with E-state index in [1.807, 2.05) is 37.3 Å². The summed E-state index contributed by atoms with van der Waals surface area (Å²) in [5.41, 5.74) is 5.45. The Hall–Kier alpha value is -3.55. The minimum atomic E-state index is -0.554. The summed E-state index contributed by atoms with van der Waals surface area (Å²) < 4.78 is 14.5. The summed E-state index contributed by atoms with van der Waals surface area (Å²) in [6.45, 7) is 2.01. The molecule has 0 amide bonds. The number of rotatable bonds is 6.